The molecule has 0 saturated carbocycles. The Morgan fingerprint density at radius 2 is 2.00 bits per heavy atom. The number of hydrogen-bond acceptors (Lipinski definition) is 5. The van der Waals surface area contributed by atoms with E-state index in [-0.39, 0.29) is 21.2 Å². The van der Waals surface area contributed by atoms with Crippen molar-refractivity contribution >= 4 is 34.2 Å². The predicted octanol–water partition coefficient (Wildman–Crippen LogP) is 1.90. The Morgan fingerprint density at radius 3 is 2.61 bits per heavy atom. The van der Waals surface area contributed by atoms with Gasteiger partial charge in [-0.3, -0.25) is 9.28 Å². The van der Waals surface area contributed by atoms with Crippen LogP contribution < -0.4 is 14.7 Å². The van der Waals surface area contributed by atoms with Crippen LogP contribution in [0.1, 0.15) is 17.3 Å². The summed E-state index contributed by atoms with van der Waals surface area (Å²) in [4.78, 5) is 30.6. The number of ketones is 1. The molecule has 1 fully saturated rings. The van der Waals surface area contributed by atoms with E-state index in [1.54, 1.807) is 20.2 Å². The van der Waals surface area contributed by atoms with Crippen molar-refractivity contribution in [2.75, 3.05) is 39.1 Å². The quantitative estimate of drug-likeness (QED) is 0.620. The Labute approximate surface area is 161 Å². The number of nitrogens with one attached hydrogen (secondary N) is 1. The van der Waals surface area contributed by atoms with Gasteiger partial charge in [-0.05, 0) is 32.2 Å². The van der Waals surface area contributed by atoms with Crippen molar-refractivity contribution in [2.45, 2.75) is 12.5 Å². The molecule has 3 heterocycles. The molecule has 2 N–H and O–H groups in total. The fourth-order valence-corrected chi connectivity index (χ4v) is 3.89. The maximum absolute atomic E-state index is 14.7. The molecule has 2 aliphatic rings. The highest BCUT2D eigenvalue weighted by atomic mass is 19.1. The number of Topliss-reactive ketones (excluding diaryl/α,β-unsaturated/α-hetero) is 1. The van der Waals surface area contributed by atoms with Crippen molar-refractivity contribution in [3.8, 4) is 0 Å². The normalized spacial score (nSPS) is 19.8. The Kier molecular flexibility index (Phi) is 3.85. The zero-order valence-corrected chi connectivity index (χ0v) is 16.2. The van der Waals surface area contributed by atoms with Crippen LogP contribution in [0.15, 0.2) is 30.0 Å². The van der Waals surface area contributed by atoms with E-state index < -0.39 is 17.6 Å². The smallest absolute Gasteiger partial charge is 0.345 e. The number of nitrogens with zero attached hydrogens (tertiary/aromatic N) is 3. The number of likely N-dealkylation sites (N-methyl/N-ethyl adjacent to an activating group) is 1. The molecule has 2 aromatic rings. The molecule has 0 atom stereocenters. The molecule has 0 amide bonds. The summed E-state index contributed by atoms with van der Waals surface area (Å²) in [5, 5.41) is 13.0. The number of carboxylic acid groups (broad SMARTS) is 1. The minimum atomic E-state index is -1.28. The van der Waals surface area contributed by atoms with E-state index in [1.807, 2.05) is 11.9 Å². The van der Waals surface area contributed by atoms with Gasteiger partial charge in [0.15, 0.2) is 5.57 Å². The lowest BCUT2D eigenvalue weighted by molar-refractivity contribution is -0.132. The average Bonchev–Trinajstić information content (AvgIpc) is 2.60. The van der Waals surface area contributed by atoms with Gasteiger partial charge >= 0.3 is 5.97 Å². The van der Waals surface area contributed by atoms with Crippen LogP contribution in [-0.4, -0.2) is 61.6 Å². The number of hydrogen-bond donors (Lipinski definition) is 2. The van der Waals surface area contributed by atoms with Crippen molar-refractivity contribution in [3.63, 3.8) is 0 Å². The van der Waals surface area contributed by atoms with E-state index in [9.17, 15) is 19.1 Å². The maximum Gasteiger partial charge on any atom is 0.345 e. The highest BCUT2D eigenvalue weighted by Gasteiger charge is 2.40. The first-order valence-corrected chi connectivity index (χ1v) is 8.98. The molecular weight excluding hydrogens is 363 g/mol. The van der Waals surface area contributed by atoms with Gasteiger partial charge in [0.1, 0.15) is 17.6 Å². The fraction of sp³-hybridized carbons (Fsp3) is 0.350. The first kappa shape index (κ1) is 18.5. The first-order valence-electron chi connectivity index (χ1n) is 8.98. The number of aromatic nitrogens is 1. The van der Waals surface area contributed by atoms with Crippen molar-refractivity contribution in [3.05, 3.63) is 41.4 Å². The number of aliphatic carboxylic acids is 1. The zero-order valence-electron chi connectivity index (χ0n) is 16.2. The van der Waals surface area contributed by atoms with Crippen LogP contribution in [0.5, 0.6) is 0 Å². The van der Waals surface area contributed by atoms with Crippen molar-refractivity contribution in [2.24, 2.45) is 0 Å². The number of benzene rings is 1. The Bertz CT molecular complexity index is 1070. The number of carbonyl (C=O) groups is 2. The number of carboxylic acids is 1. The molecule has 2 aliphatic heterocycles. The Hall–Kier alpha value is -2.84. The first-order chi connectivity index (χ1) is 13.0. The lowest BCUT2D eigenvalue weighted by Gasteiger charge is -2.49. The Morgan fingerprint density at radius 1 is 1.32 bits per heavy atom. The second-order valence-electron chi connectivity index (χ2n) is 8.24. The van der Waals surface area contributed by atoms with E-state index in [0.29, 0.717) is 35.5 Å². The molecule has 1 aromatic heterocycles. The largest absolute Gasteiger partial charge is 0.477 e. The second kappa shape index (κ2) is 5.83. The summed E-state index contributed by atoms with van der Waals surface area (Å²) in [6.45, 7) is 3.44. The van der Waals surface area contributed by atoms with E-state index >= 15 is 0 Å². The predicted molar refractivity (Wildman–Crippen MR) is 105 cm³/mol. The molecule has 1 saturated heterocycles. The van der Waals surface area contributed by atoms with Crippen LogP contribution in [-0.2, 0) is 4.79 Å². The summed E-state index contributed by atoms with van der Waals surface area (Å²) in [7, 11) is 5.40. The third-order valence-corrected chi connectivity index (χ3v) is 5.60. The number of quaternary nitrogens is 1. The van der Waals surface area contributed by atoms with Crippen molar-refractivity contribution < 1.29 is 19.1 Å². The molecule has 8 heteroatoms. The van der Waals surface area contributed by atoms with Gasteiger partial charge in [0.25, 0.3) is 0 Å². The summed E-state index contributed by atoms with van der Waals surface area (Å²) in [5.74, 6) is -1.83. The summed E-state index contributed by atoms with van der Waals surface area (Å²) >= 11 is 0. The zero-order chi connectivity index (χ0) is 20.4. The topological polar surface area (TPSA) is 82.5 Å². The minimum Gasteiger partial charge on any atom is -0.477 e. The van der Waals surface area contributed by atoms with Gasteiger partial charge < -0.3 is 15.3 Å². The molecule has 7 nitrogen and oxygen atoms in total. The molecular formula is C20H22FN4O3+. The number of halogens is 1. The van der Waals surface area contributed by atoms with Gasteiger partial charge in [-0.1, -0.05) is 0 Å². The molecule has 0 spiro atoms. The number of fused-ring (bicyclic) bond motifs is 2. The highest BCUT2D eigenvalue weighted by Crippen LogP contribution is 2.36. The van der Waals surface area contributed by atoms with Crippen LogP contribution in [0.4, 0.5) is 15.9 Å². The minimum absolute atomic E-state index is 0.0207. The number of pyridine rings is 1. The van der Waals surface area contributed by atoms with Gasteiger partial charge in [0.2, 0.25) is 11.6 Å². The van der Waals surface area contributed by atoms with Gasteiger partial charge in [-0.15, -0.1) is 0 Å². The standard InChI is InChI=1S/C20H21FN4O3/c1-20(22-2)9-24(10-20)16-7-15-11(6-14(16)21)5-12-17(26)13(19(27)28)8-25(3,4)18(12)23-15/h5-8,22H,9-10H2,1-4H3/p+1. The van der Waals surface area contributed by atoms with Crippen LogP contribution in [0, 0.1) is 5.82 Å². The monoisotopic (exact) mass is 385 g/mol. The summed E-state index contributed by atoms with van der Waals surface area (Å²) in [6, 6.07) is 4.59. The molecule has 28 heavy (non-hydrogen) atoms. The van der Waals surface area contributed by atoms with E-state index in [2.05, 4.69) is 17.2 Å². The average molecular weight is 385 g/mol. The third-order valence-electron chi connectivity index (χ3n) is 5.60. The highest BCUT2D eigenvalue weighted by molar-refractivity contribution is 6.26. The molecule has 4 rings (SSSR count). The SMILES string of the molecule is CNC1(C)CN(c2cc3nc4c(cc3cc2F)C(=O)C(C(=O)O)=C[N+]4(C)C)C1. The lowest BCUT2D eigenvalue weighted by Crippen LogP contribution is -2.67. The molecule has 0 bridgehead atoms. The number of rotatable bonds is 3. The van der Waals surface area contributed by atoms with Gasteiger partial charge in [0, 0.05) is 18.5 Å². The van der Waals surface area contributed by atoms with Gasteiger partial charge in [0.05, 0.1) is 30.8 Å². The van der Waals surface area contributed by atoms with Gasteiger partial charge in [-0.2, -0.15) is 4.98 Å². The number of carbonyl (C=O) groups excluding carboxylic acids is 1. The summed E-state index contributed by atoms with van der Waals surface area (Å²) in [6.07, 6.45) is 1.38. The molecule has 1 aromatic carbocycles. The van der Waals surface area contributed by atoms with Crippen LogP contribution in [0.3, 0.4) is 0 Å². The van der Waals surface area contributed by atoms with Crippen molar-refractivity contribution in [1.82, 2.24) is 14.8 Å². The number of anilines is 1. The van der Waals surface area contributed by atoms with E-state index in [0.717, 1.165) is 0 Å². The maximum atomic E-state index is 14.7. The third kappa shape index (κ3) is 2.68. The van der Waals surface area contributed by atoms with Crippen LogP contribution in [0.2, 0.25) is 0 Å². The lowest BCUT2D eigenvalue weighted by atomic mass is 9.91. The second-order valence-corrected chi connectivity index (χ2v) is 8.24. The molecule has 146 valence electrons. The molecule has 0 aliphatic carbocycles. The molecule has 0 unspecified atom stereocenters. The van der Waals surface area contributed by atoms with Crippen LogP contribution >= 0.6 is 0 Å². The van der Waals surface area contributed by atoms with Crippen molar-refractivity contribution in [1.29, 1.82) is 0 Å². The fourth-order valence-electron chi connectivity index (χ4n) is 3.89. The van der Waals surface area contributed by atoms with E-state index in [4.69, 9.17) is 0 Å². The molecule has 0 radical (unpaired) electrons. The van der Waals surface area contributed by atoms with Crippen LogP contribution in [0.25, 0.3) is 10.9 Å². The summed E-state index contributed by atoms with van der Waals surface area (Å²) < 4.78 is 14.8. The van der Waals surface area contributed by atoms with E-state index in [1.165, 1.54) is 18.3 Å². The van der Waals surface area contributed by atoms with Gasteiger partial charge in [-0.25, -0.2) is 9.18 Å². The summed E-state index contributed by atoms with van der Waals surface area (Å²) in [5.41, 5.74) is 0.883. The Balaban J connectivity index is 1.83.